The summed E-state index contributed by atoms with van der Waals surface area (Å²) >= 11 is 6.06. The van der Waals surface area contributed by atoms with Gasteiger partial charge >= 0.3 is 5.97 Å². The highest BCUT2D eigenvalue weighted by Gasteiger charge is 2.15. The minimum Gasteiger partial charge on any atom is -0.497 e. The maximum atomic E-state index is 13.4. The van der Waals surface area contributed by atoms with Crippen molar-refractivity contribution in [2.45, 2.75) is 0 Å². The number of para-hydroxylation sites is 1. The normalized spacial score (nSPS) is 11.1. The number of methoxy groups -OCH3 is 2. The Labute approximate surface area is 228 Å². The summed E-state index contributed by atoms with van der Waals surface area (Å²) in [7, 11) is 3.02. The number of esters is 1. The highest BCUT2D eigenvalue weighted by atomic mass is 35.5. The van der Waals surface area contributed by atoms with Crippen molar-refractivity contribution < 1.29 is 19.0 Å². The van der Waals surface area contributed by atoms with Crippen LogP contribution in [0.1, 0.15) is 15.9 Å². The molecule has 1 heterocycles. The van der Waals surface area contributed by atoms with E-state index in [1.165, 1.54) is 18.0 Å². The van der Waals surface area contributed by atoms with Crippen LogP contribution in [0.2, 0.25) is 5.02 Å². The standard InChI is InChI=1S/C30H22ClN3O5/c1-37-23-14-10-21(11-15-23)30(36)39-26-16-7-19(17-27(26)38-2)18-32-34-28(20-8-12-22(31)13-9-20)33-25-6-4-3-5-24(25)29(34)35/h3-18H,1-2H3. The fourth-order valence-electron chi connectivity index (χ4n) is 3.88. The summed E-state index contributed by atoms with van der Waals surface area (Å²) in [6.45, 7) is 0. The number of nitrogens with zero attached hydrogens (tertiary/aromatic N) is 3. The van der Waals surface area contributed by atoms with Crippen LogP contribution in [0.3, 0.4) is 0 Å². The van der Waals surface area contributed by atoms with Crippen LogP contribution in [0.25, 0.3) is 22.3 Å². The number of ether oxygens (including phenoxy) is 3. The van der Waals surface area contributed by atoms with Crippen molar-refractivity contribution in [3.63, 3.8) is 0 Å². The van der Waals surface area contributed by atoms with E-state index in [2.05, 4.69) is 10.1 Å². The van der Waals surface area contributed by atoms with Crippen molar-refractivity contribution in [2.24, 2.45) is 5.10 Å². The summed E-state index contributed by atoms with van der Waals surface area (Å²) in [5.41, 5.74) is 1.89. The van der Waals surface area contributed by atoms with Crippen molar-refractivity contribution in [3.8, 4) is 28.6 Å². The Bertz CT molecular complexity index is 1750. The molecule has 0 fully saturated rings. The zero-order valence-electron chi connectivity index (χ0n) is 21.0. The summed E-state index contributed by atoms with van der Waals surface area (Å²) in [5, 5.41) is 5.47. The molecule has 0 saturated heterocycles. The fourth-order valence-corrected chi connectivity index (χ4v) is 4.00. The van der Waals surface area contributed by atoms with Crippen molar-refractivity contribution >= 4 is 34.7 Å². The van der Waals surface area contributed by atoms with E-state index in [0.29, 0.717) is 49.9 Å². The number of aromatic nitrogens is 2. The molecule has 0 aliphatic carbocycles. The largest absolute Gasteiger partial charge is 0.497 e. The van der Waals surface area contributed by atoms with Gasteiger partial charge in [0, 0.05) is 10.6 Å². The lowest BCUT2D eigenvalue weighted by Gasteiger charge is -2.11. The molecule has 0 aliphatic heterocycles. The third kappa shape index (κ3) is 5.51. The zero-order chi connectivity index (χ0) is 27.4. The van der Waals surface area contributed by atoms with Gasteiger partial charge in [-0.2, -0.15) is 9.78 Å². The first-order chi connectivity index (χ1) is 19.0. The van der Waals surface area contributed by atoms with Crippen molar-refractivity contribution in [1.82, 2.24) is 9.66 Å². The van der Waals surface area contributed by atoms with Crippen LogP contribution in [0, 0.1) is 0 Å². The quantitative estimate of drug-likeness (QED) is 0.147. The van der Waals surface area contributed by atoms with Crippen LogP contribution >= 0.6 is 11.6 Å². The number of rotatable bonds is 7. The summed E-state index contributed by atoms with van der Waals surface area (Å²) in [6, 6.07) is 25.6. The van der Waals surface area contributed by atoms with Crippen molar-refractivity contribution in [1.29, 1.82) is 0 Å². The summed E-state index contributed by atoms with van der Waals surface area (Å²) in [4.78, 5) is 30.7. The summed E-state index contributed by atoms with van der Waals surface area (Å²) in [6.07, 6.45) is 1.51. The van der Waals surface area contributed by atoms with Gasteiger partial charge in [-0.25, -0.2) is 9.78 Å². The predicted octanol–water partition coefficient (Wildman–Crippen LogP) is 5.84. The van der Waals surface area contributed by atoms with Crippen molar-refractivity contribution in [2.75, 3.05) is 14.2 Å². The van der Waals surface area contributed by atoms with E-state index in [1.807, 2.05) is 6.07 Å². The molecule has 4 aromatic carbocycles. The van der Waals surface area contributed by atoms with Crippen LogP contribution in [-0.4, -0.2) is 36.1 Å². The van der Waals surface area contributed by atoms with E-state index in [-0.39, 0.29) is 11.3 Å². The zero-order valence-corrected chi connectivity index (χ0v) is 21.8. The Hall–Kier alpha value is -4.95. The smallest absolute Gasteiger partial charge is 0.343 e. The Morgan fingerprint density at radius 3 is 2.36 bits per heavy atom. The number of fused-ring (bicyclic) bond motifs is 1. The molecule has 0 aliphatic rings. The van der Waals surface area contributed by atoms with Gasteiger partial charge in [-0.3, -0.25) is 4.79 Å². The Balaban J connectivity index is 1.48. The molecule has 0 atom stereocenters. The molecule has 0 saturated carbocycles. The van der Waals surface area contributed by atoms with Gasteiger partial charge in [0.1, 0.15) is 5.75 Å². The molecule has 9 heteroatoms. The third-order valence-electron chi connectivity index (χ3n) is 5.89. The van der Waals surface area contributed by atoms with Crippen LogP contribution in [-0.2, 0) is 0 Å². The van der Waals surface area contributed by atoms with E-state index >= 15 is 0 Å². The molecule has 5 rings (SSSR count). The lowest BCUT2D eigenvalue weighted by Crippen LogP contribution is -2.20. The average molecular weight is 540 g/mol. The van der Waals surface area contributed by atoms with Crippen molar-refractivity contribution in [3.05, 3.63) is 117 Å². The monoisotopic (exact) mass is 539 g/mol. The Kier molecular flexibility index (Phi) is 7.38. The highest BCUT2D eigenvalue weighted by molar-refractivity contribution is 6.30. The number of hydrogen-bond donors (Lipinski definition) is 0. The van der Waals surface area contributed by atoms with Gasteiger partial charge in [0.25, 0.3) is 5.56 Å². The number of carbonyl (C=O) groups is 1. The number of benzene rings is 4. The molecule has 0 radical (unpaired) electrons. The molecule has 0 bridgehead atoms. The highest BCUT2D eigenvalue weighted by Crippen LogP contribution is 2.29. The lowest BCUT2D eigenvalue weighted by atomic mass is 10.2. The van der Waals surface area contributed by atoms with Gasteiger partial charge in [0.15, 0.2) is 17.3 Å². The van der Waals surface area contributed by atoms with Gasteiger partial charge < -0.3 is 14.2 Å². The van der Waals surface area contributed by atoms with E-state index in [9.17, 15) is 9.59 Å². The summed E-state index contributed by atoms with van der Waals surface area (Å²) in [5.74, 6) is 1.01. The van der Waals surface area contributed by atoms with Gasteiger partial charge in [0.2, 0.25) is 0 Å². The average Bonchev–Trinajstić information content (AvgIpc) is 2.97. The number of carbonyl (C=O) groups excluding carboxylic acids is 1. The van der Waals surface area contributed by atoms with E-state index in [0.717, 1.165) is 0 Å². The molecule has 0 spiro atoms. The minimum absolute atomic E-state index is 0.238. The third-order valence-corrected chi connectivity index (χ3v) is 6.15. The molecular weight excluding hydrogens is 518 g/mol. The SMILES string of the molecule is COc1ccc(C(=O)Oc2ccc(C=Nn3c(-c4ccc(Cl)cc4)nc4ccccc4c3=O)cc2OC)cc1. The second-order valence-electron chi connectivity index (χ2n) is 8.35. The topological polar surface area (TPSA) is 92.0 Å². The molecule has 0 amide bonds. The first-order valence-corrected chi connectivity index (χ1v) is 12.2. The van der Waals surface area contributed by atoms with E-state index < -0.39 is 5.97 Å². The second-order valence-corrected chi connectivity index (χ2v) is 8.79. The number of hydrogen-bond acceptors (Lipinski definition) is 7. The minimum atomic E-state index is -0.543. The number of halogens is 1. The molecule has 1 aromatic heterocycles. The van der Waals surface area contributed by atoms with Crippen LogP contribution in [0.5, 0.6) is 17.2 Å². The van der Waals surface area contributed by atoms with Gasteiger partial charge in [0.05, 0.1) is 36.9 Å². The maximum Gasteiger partial charge on any atom is 0.343 e. The molecule has 194 valence electrons. The van der Waals surface area contributed by atoms with Gasteiger partial charge in [-0.05, 0) is 84.4 Å². The van der Waals surface area contributed by atoms with E-state index in [1.54, 1.807) is 92.0 Å². The Morgan fingerprint density at radius 2 is 1.64 bits per heavy atom. The lowest BCUT2D eigenvalue weighted by molar-refractivity contribution is 0.0729. The molecule has 39 heavy (non-hydrogen) atoms. The molecule has 0 unspecified atom stereocenters. The molecular formula is C30H22ClN3O5. The van der Waals surface area contributed by atoms with Gasteiger partial charge in [-0.15, -0.1) is 0 Å². The molecule has 0 N–H and O–H groups in total. The first-order valence-electron chi connectivity index (χ1n) is 11.8. The van der Waals surface area contributed by atoms with Crippen LogP contribution in [0.15, 0.2) is 101 Å². The second kappa shape index (κ2) is 11.2. The predicted molar refractivity (Wildman–Crippen MR) is 150 cm³/mol. The summed E-state index contributed by atoms with van der Waals surface area (Å²) < 4.78 is 17.4. The van der Waals surface area contributed by atoms with Crippen LogP contribution in [0.4, 0.5) is 0 Å². The Morgan fingerprint density at radius 1 is 0.897 bits per heavy atom. The molecule has 8 nitrogen and oxygen atoms in total. The first kappa shape index (κ1) is 25.7. The fraction of sp³-hybridized carbons (Fsp3) is 0.0667. The molecule has 5 aromatic rings. The van der Waals surface area contributed by atoms with Gasteiger partial charge in [-0.1, -0.05) is 23.7 Å². The van der Waals surface area contributed by atoms with E-state index in [4.69, 9.17) is 25.8 Å². The maximum absolute atomic E-state index is 13.4. The van der Waals surface area contributed by atoms with Crippen LogP contribution < -0.4 is 19.8 Å².